The molecule has 40 heavy (non-hydrogen) atoms. The Morgan fingerprint density at radius 3 is 2.27 bits per heavy atom. The standard InChI is InChI=1S/C29H39ClN4O6/c1-7-16-34(27(38)21(14-15-22(31)35)32-28(39)40-29(4,5)6)24(19-12-8-11-18(3)25(19)36)26(37)33-23-17(2)10-9-13-20(23)30/h8-13,21,24,36H,7,14-16H2,1-6H3,(H2,31,35)(H,32,39)(H,33,37). The van der Waals surface area contributed by atoms with Crippen molar-refractivity contribution in [1.82, 2.24) is 10.2 Å². The van der Waals surface area contributed by atoms with Crippen LogP contribution in [0, 0.1) is 13.8 Å². The number of benzene rings is 2. The molecule has 0 heterocycles. The first-order chi connectivity index (χ1) is 18.7. The fourth-order valence-corrected chi connectivity index (χ4v) is 4.41. The van der Waals surface area contributed by atoms with Crippen LogP contribution in [-0.4, -0.2) is 52.0 Å². The zero-order chi connectivity index (χ0) is 30.2. The van der Waals surface area contributed by atoms with Crippen LogP contribution in [-0.2, 0) is 19.1 Å². The minimum atomic E-state index is -1.31. The summed E-state index contributed by atoms with van der Waals surface area (Å²) in [5.74, 6) is -2.08. The van der Waals surface area contributed by atoms with Crippen molar-refractivity contribution in [3.05, 3.63) is 58.1 Å². The third kappa shape index (κ3) is 8.87. The van der Waals surface area contributed by atoms with Crippen molar-refractivity contribution in [2.75, 3.05) is 11.9 Å². The molecule has 0 spiro atoms. The average molecular weight is 575 g/mol. The molecule has 0 aromatic heterocycles. The number of nitrogens with two attached hydrogens (primary N) is 1. The number of nitrogens with one attached hydrogen (secondary N) is 2. The molecule has 0 fully saturated rings. The van der Waals surface area contributed by atoms with Crippen LogP contribution >= 0.6 is 11.6 Å². The number of phenols is 1. The molecule has 10 nitrogen and oxygen atoms in total. The third-order valence-electron chi connectivity index (χ3n) is 6.01. The molecule has 2 aromatic rings. The Labute approximate surface area is 240 Å². The van der Waals surface area contributed by atoms with Crippen molar-refractivity contribution in [1.29, 1.82) is 0 Å². The number of aromatic hydroxyl groups is 1. The van der Waals surface area contributed by atoms with Gasteiger partial charge in [0.2, 0.25) is 11.8 Å². The minimum absolute atomic E-state index is 0.0921. The van der Waals surface area contributed by atoms with Gasteiger partial charge in [-0.3, -0.25) is 14.4 Å². The van der Waals surface area contributed by atoms with E-state index in [-0.39, 0.29) is 30.7 Å². The van der Waals surface area contributed by atoms with Gasteiger partial charge in [0, 0.05) is 18.5 Å². The predicted molar refractivity (Wildman–Crippen MR) is 154 cm³/mol. The van der Waals surface area contributed by atoms with Crippen LogP contribution in [0.3, 0.4) is 0 Å². The number of anilines is 1. The Morgan fingerprint density at radius 2 is 1.70 bits per heavy atom. The molecule has 0 aliphatic rings. The van der Waals surface area contributed by atoms with Crippen molar-refractivity contribution >= 4 is 41.1 Å². The molecular weight excluding hydrogens is 536 g/mol. The monoisotopic (exact) mass is 574 g/mol. The number of aryl methyl sites for hydroxylation is 2. The molecule has 2 unspecified atom stereocenters. The lowest BCUT2D eigenvalue weighted by molar-refractivity contribution is -0.141. The SMILES string of the molecule is CCCN(C(=O)C(CCC(N)=O)NC(=O)OC(C)(C)C)C(C(=O)Nc1c(C)cccc1Cl)c1cccc(C)c1O. The summed E-state index contributed by atoms with van der Waals surface area (Å²) in [7, 11) is 0. The van der Waals surface area contributed by atoms with E-state index in [1.165, 1.54) is 4.90 Å². The maximum atomic E-state index is 14.1. The van der Waals surface area contributed by atoms with Crippen molar-refractivity contribution < 1.29 is 29.0 Å². The number of halogens is 1. The van der Waals surface area contributed by atoms with Crippen LogP contribution in [0.5, 0.6) is 5.75 Å². The summed E-state index contributed by atoms with van der Waals surface area (Å²) in [6.07, 6.45) is -0.733. The number of carbonyl (C=O) groups excluding carboxylic acids is 4. The summed E-state index contributed by atoms with van der Waals surface area (Å²) in [5, 5.41) is 16.6. The topological polar surface area (TPSA) is 151 Å². The molecule has 2 atom stereocenters. The highest BCUT2D eigenvalue weighted by molar-refractivity contribution is 6.34. The van der Waals surface area contributed by atoms with Crippen LogP contribution in [0.1, 0.15) is 69.7 Å². The molecule has 218 valence electrons. The second kappa shape index (κ2) is 14.0. The van der Waals surface area contributed by atoms with E-state index < -0.39 is 41.5 Å². The molecule has 5 N–H and O–H groups in total. The van der Waals surface area contributed by atoms with Gasteiger partial charge in [0.05, 0.1) is 10.7 Å². The van der Waals surface area contributed by atoms with Gasteiger partial charge in [-0.15, -0.1) is 0 Å². The predicted octanol–water partition coefficient (Wildman–Crippen LogP) is 4.74. The van der Waals surface area contributed by atoms with Crippen molar-refractivity contribution in [2.24, 2.45) is 5.73 Å². The number of amides is 4. The van der Waals surface area contributed by atoms with E-state index in [0.717, 1.165) is 0 Å². The first kappa shape index (κ1) is 32.4. The van der Waals surface area contributed by atoms with Crippen molar-refractivity contribution in [2.45, 2.75) is 78.5 Å². The van der Waals surface area contributed by atoms with Crippen molar-refractivity contribution in [3.63, 3.8) is 0 Å². The van der Waals surface area contributed by atoms with E-state index in [9.17, 15) is 24.3 Å². The molecular formula is C29H39ClN4O6. The van der Waals surface area contributed by atoms with Gasteiger partial charge < -0.3 is 31.1 Å². The number of primary amides is 1. The lowest BCUT2D eigenvalue weighted by Crippen LogP contribution is -2.52. The summed E-state index contributed by atoms with van der Waals surface area (Å²) >= 11 is 6.37. The van der Waals surface area contributed by atoms with Crippen LogP contribution in [0.15, 0.2) is 36.4 Å². The van der Waals surface area contributed by atoms with E-state index in [1.807, 2.05) is 6.92 Å². The number of alkyl carbamates (subject to hydrolysis) is 1. The molecule has 2 aromatic carbocycles. The highest BCUT2D eigenvalue weighted by atomic mass is 35.5. The first-order valence-electron chi connectivity index (χ1n) is 13.1. The zero-order valence-electron chi connectivity index (χ0n) is 23.8. The van der Waals surface area contributed by atoms with Crippen molar-refractivity contribution in [3.8, 4) is 5.75 Å². The third-order valence-corrected chi connectivity index (χ3v) is 6.32. The lowest BCUT2D eigenvalue weighted by atomic mass is 9.98. The van der Waals surface area contributed by atoms with Gasteiger partial charge in [0.15, 0.2) is 0 Å². The fourth-order valence-electron chi connectivity index (χ4n) is 4.14. The zero-order valence-corrected chi connectivity index (χ0v) is 24.6. The number of nitrogens with zero attached hydrogens (tertiary/aromatic N) is 1. The van der Waals surface area contributed by atoms with Crippen LogP contribution in [0.4, 0.5) is 10.5 Å². The van der Waals surface area contributed by atoms with Gasteiger partial charge in [-0.1, -0.05) is 48.9 Å². The Bertz CT molecular complexity index is 1220. The molecule has 0 aliphatic heterocycles. The van der Waals surface area contributed by atoms with Gasteiger partial charge in [-0.05, 0) is 64.7 Å². The fraction of sp³-hybridized carbons (Fsp3) is 0.448. The molecule has 0 saturated heterocycles. The number of hydrogen-bond acceptors (Lipinski definition) is 6. The summed E-state index contributed by atoms with van der Waals surface area (Å²) in [6, 6.07) is 7.51. The molecule has 4 amide bonds. The van der Waals surface area contributed by atoms with Crippen LogP contribution < -0.4 is 16.4 Å². The highest BCUT2D eigenvalue weighted by Crippen LogP contribution is 2.34. The Balaban J connectivity index is 2.61. The number of para-hydroxylation sites is 2. The Morgan fingerprint density at radius 1 is 1.07 bits per heavy atom. The number of ether oxygens (including phenoxy) is 1. The van der Waals surface area contributed by atoms with E-state index >= 15 is 0 Å². The second-order valence-corrected chi connectivity index (χ2v) is 11.0. The van der Waals surface area contributed by atoms with Gasteiger partial charge in [-0.2, -0.15) is 0 Å². The summed E-state index contributed by atoms with van der Waals surface area (Å²) < 4.78 is 5.33. The van der Waals surface area contributed by atoms with E-state index in [1.54, 1.807) is 71.0 Å². The Hall–Kier alpha value is -3.79. The number of phenolic OH excluding ortho intramolecular Hbond substituents is 1. The first-order valence-corrected chi connectivity index (χ1v) is 13.5. The number of hydrogen-bond donors (Lipinski definition) is 4. The van der Waals surface area contributed by atoms with Gasteiger partial charge >= 0.3 is 6.09 Å². The van der Waals surface area contributed by atoms with Crippen LogP contribution in [0.2, 0.25) is 5.02 Å². The number of carbonyl (C=O) groups is 4. The highest BCUT2D eigenvalue weighted by Gasteiger charge is 2.37. The molecule has 2 rings (SSSR count). The quantitative estimate of drug-likeness (QED) is 0.304. The van der Waals surface area contributed by atoms with Gasteiger partial charge in [0.25, 0.3) is 5.91 Å². The Kier molecular flexibility index (Phi) is 11.4. The smallest absolute Gasteiger partial charge is 0.408 e. The van der Waals surface area contributed by atoms with E-state index in [2.05, 4.69) is 10.6 Å². The normalized spacial score (nSPS) is 12.7. The summed E-state index contributed by atoms with van der Waals surface area (Å²) in [5.41, 5.74) is 6.26. The maximum absolute atomic E-state index is 14.1. The summed E-state index contributed by atoms with van der Waals surface area (Å²) in [4.78, 5) is 53.5. The maximum Gasteiger partial charge on any atom is 0.408 e. The summed E-state index contributed by atoms with van der Waals surface area (Å²) in [6.45, 7) is 10.4. The lowest BCUT2D eigenvalue weighted by Gasteiger charge is -2.35. The van der Waals surface area contributed by atoms with E-state index in [4.69, 9.17) is 22.1 Å². The second-order valence-electron chi connectivity index (χ2n) is 10.6. The molecule has 0 aliphatic carbocycles. The van der Waals surface area contributed by atoms with Gasteiger partial charge in [0.1, 0.15) is 23.4 Å². The minimum Gasteiger partial charge on any atom is -0.507 e. The number of rotatable bonds is 11. The largest absolute Gasteiger partial charge is 0.507 e. The molecule has 0 saturated carbocycles. The van der Waals surface area contributed by atoms with E-state index in [0.29, 0.717) is 28.3 Å². The molecule has 0 bridgehead atoms. The molecule has 0 radical (unpaired) electrons. The average Bonchev–Trinajstić information content (AvgIpc) is 2.84. The van der Waals surface area contributed by atoms with Gasteiger partial charge in [-0.25, -0.2) is 4.79 Å². The van der Waals surface area contributed by atoms with Crippen LogP contribution in [0.25, 0.3) is 0 Å². The molecule has 11 heteroatoms.